The van der Waals surface area contributed by atoms with Crippen molar-refractivity contribution in [1.82, 2.24) is 9.97 Å². The second kappa shape index (κ2) is 6.05. The lowest BCUT2D eigenvalue weighted by atomic mass is 9.99. The van der Waals surface area contributed by atoms with E-state index in [2.05, 4.69) is 9.97 Å². The van der Waals surface area contributed by atoms with E-state index in [0.29, 0.717) is 13.1 Å². The van der Waals surface area contributed by atoms with Crippen LogP contribution in [0.1, 0.15) is 18.5 Å². The first-order valence-electron chi connectivity index (χ1n) is 6.80. The topological polar surface area (TPSA) is 52.5 Å². The number of alkyl halides is 3. The van der Waals surface area contributed by atoms with Gasteiger partial charge in [0.1, 0.15) is 5.82 Å². The Morgan fingerprint density at radius 1 is 1.38 bits per heavy atom. The van der Waals surface area contributed by atoms with E-state index in [1.54, 1.807) is 19.0 Å². The zero-order valence-corrected chi connectivity index (χ0v) is 12.1. The third-order valence-electron chi connectivity index (χ3n) is 3.51. The quantitative estimate of drug-likeness (QED) is 0.922. The van der Waals surface area contributed by atoms with Crippen LogP contribution in [0.25, 0.3) is 0 Å². The van der Waals surface area contributed by atoms with E-state index < -0.39 is 11.9 Å². The van der Waals surface area contributed by atoms with Gasteiger partial charge in [0.15, 0.2) is 5.69 Å². The summed E-state index contributed by atoms with van der Waals surface area (Å²) in [6.07, 6.45) is -2.83. The third kappa shape index (κ3) is 3.75. The van der Waals surface area contributed by atoms with Gasteiger partial charge in [0.05, 0.1) is 0 Å². The molecule has 0 radical (unpaired) electrons. The zero-order chi connectivity index (χ0) is 15.6. The molecule has 1 aliphatic rings. The maximum Gasteiger partial charge on any atom is 0.433 e. The largest absolute Gasteiger partial charge is 0.433 e. The van der Waals surface area contributed by atoms with E-state index in [9.17, 15) is 18.3 Å². The van der Waals surface area contributed by atoms with Crippen molar-refractivity contribution in [2.24, 2.45) is 5.92 Å². The zero-order valence-electron chi connectivity index (χ0n) is 12.1. The summed E-state index contributed by atoms with van der Waals surface area (Å²) in [4.78, 5) is 11.1. The number of hydrogen-bond donors (Lipinski definition) is 1. The fourth-order valence-electron chi connectivity index (χ4n) is 2.33. The SMILES string of the molecule is CN(C)c1cc(C(F)(F)F)nc(N2CCCC(CO)C2)n1. The van der Waals surface area contributed by atoms with Crippen LogP contribution in [0.4, 0.5) is 24.9 Å². The highest BCUT2D eigenvalue weighted by atomic mass is 19.4. The fourth-order valence-corrected chi connectivity index (χ4v) is 2.33. The Kier molecular flexibility index (Phi) is 4.55. The lowest BCUT2D eigenvalue weighted by Crippen LogP contribution is -2.38. The van der Waals surface area contributed by atoms with E-state index in [1.807, 2.05) is 0 Å². The second-order valence-corrected chi connectivity index (χ2v) is 5.44. The van der Waals surface area contributed by atoms with Crippen LogP contribution in [0, 0.1) is 5.92 Å². The van der Waals surface area contributed by atoms with Crippen molar-refractivity contribution in [3.63, 3.8) is 0 Å². The number of halogens is 3. The number of aliphatic hydroxyl groups excluding tert-OH is 1. The highest BCUT2D eigenvalue weighted by Crippen LogP contribution is 2.31. The van der Waals surface area contributed by atoms with Gasteiger partial charge in [0.25, 0.3) is 0 Å². The van der Waals surface area contributed by atoms with Crippen LogP contribution in [-0.4, -0.2) is 48.9 Å². The molecule has 5 nitrogen and oxygen atoms in total. The summed E-state index contributed by atoms with van der Waals surface area (Å²) in [5, 5.41) is 9.23. The first kappa shape index (κ1) is 15.8. The van der Waals surface area contributed by atoms with Gasteiger partial charge in [-0.15, -0.1) is 0 Å². The van der Waals surface area contributed by atoms with Crippen LogP contribution in [0.3, 0.4) is 0 Å². The first-order chi connectivity index (χ1) is 9.81. The standard InChI is InChI=1S/C13H19F3N4O/c1-19(2)11-6-10(13(14,15)16)17-12(18-11)20-5-3-4-9(7-20)8-21/h6,9,21H,3-5,7-8H2,1-2H3. The lowest BCUT2D eigenvalue weighted by Gasteiger charge is -2.32. The second-order valence-electron chi connectivity index (χ2n) is 5.44. The lowest BCUT2D eigenvalue weighted by molar-refractivity contribution is -0.141. The van der Waals surface area contributed by atoms with Gasteiger partial charge in [-0.1, -0.05) is 0 Å². The van der Waals surface area contributed by atoms with E-state index in [0.717, 1.165) is 18.9 Å². The number of hydrogen-bond acceptors (Lipinski definition) is 5. The van der Waals surface area contributed by atoms with Crippen LogP contribution in [0.15, 0.2) is 6.07 Å². The summed E-state index contributed by atoms with van der Waals surface area (Å²) in [5.74, 6) is 0.352. The average molecular weight is 304 g/mol. The van der Waals surface area contributed by atoms with Crippen LogP contribution in [0.5, 0.6) is 0 Å². The van der Waals surface area contributed by atoms with Crippen molar-refractivity contribution in [3.05, 3.63) is 11.8 Å². The summed E-state index contributed by atoms with van der Waals surface area (Å²) < 4.78 is 38.9. The van der Waals surface area contributed by atoms with E-state index in [-0.39, 0.29) is 24.3 Å². The average Bonchev–Trinajstić information content (AvgIpc) is 2.46. The van der Waals surface area contributed by atoms with Crippen LogP contribution in [0.2, 0.25) is 0 Å². The van der Waals surface area contributed by atoms with E-state index in [4.69, 9.17) is 0 Å². The number of aromatic nitrogens is 2. The number of anilines is 2. The fraction of sp³-hybridized carbons (Fsp3) is 0.692. The normalized spacial score (nSPS) is 19.7. The predicted octanol–water partition coefficient (Wildman–Crippen LogP) is 1.77. The molecule has 2 rings (SSSR count). The molecule has 1 atom stereocenters. The van der Waals surface area contributed by atoms with Crippen molar-refractivity contribution in [3.8, 4) is 0 Å². The van der Waals surface area contributed by atoms with Crippen LogP contribution < -0.4 is 9.80 Å². The van der Waals surface area contributed by atoms with Crippen LogP contribution >= 0.6 is 0 Å². The molecule has 118 valence electrons. The smallest absolute Gasteiger partial charge is 0.396 e. The summed E-state index contributed by atoms with van der Waals surface area (Å²) in [7, 11) is 3.28. The molecule has 1 aromatic heterocycles. The number of aliphatic hydroxyl groups is 1. The molecule has 0 amide bonds. The third-order valence-corrected chi connectivity index (χ3v) is 3.51. The number of nitrogens with zero attached hydrogens (tertiary/aromatic N) is 4. The number of piperidine rings is 1. The number of rotatable bonds is 3. The highest BCUT2D eigenvalue weighted by Gasteiger charge is 2.35. The van der Waals surface area contributed by atoms with Gasteiger partial charge in [-0.3, -0.25) is 0 Å². The maximum atomic E-state index is 13.0. The van der Waals surface area contributed by atoms with Crippen molar-refractivity contribution in [1.29, 1.82) is 0 Å². The van der Waals surface area contributed by atoms with Gasteiger partial charge in [-0.25, -0.2) is 4.98 Å². The Morgan fingerprint density at radius 3 is 2.67 bits per heavy atom. The first-order valence-corrected chi connectivity index (χ1v) is 6.80. The molecule has 8 heteroatoms. The Hall–Kier alpha value is -1.57. The van der Waals surface area contributed by atoms with Gasteiger partial charge < -0.3 is 14.9 Å². The Bertz CT molecular complexity index is 493. The van der Waals surface area contributed by atoms with Gasteiger partial charge in [0.2, 0.25) is 5.95 Å². The van der Waals surface area contributed by atoms with Gasteiger partial charge in [0, 0.05) is 39.9 Å². The minimum atomic E-state index is -4.51. The molecule has 0 spiro atoms. The molecule has 1 aromatic rings. The molecule has 1 unspecified atom stereocenters. The van der Waals surface area contributed by atoms with E-state index in [1.165, 1.54) is 4.90 Å². The molecule has 21 heavy (non-hydrogen) atoms. The summed E-state index contributed by atoms with van der Waals surface area (Å²) in [6.45, 7) is 1.10. The summed E-state index contributed by atoms with van der Waals surface area (Å²) in [6, 6.07) is 0.941. The molecule has 0 saturated carbocycles. The molecule has 1 aliphatic heterocycles. The Balaban J connectivity index is 2.35. The molecule has 1 N–H and O–H groups in total. The van der Waals surface area contributed by atoms with Crippen molar-refractivity contribution >= 4 is 11.8 Å². The van der Waals surface area contributed by atoms with Gasteiger partial charge in [-0.2, -0.15) is 18.2 Å². The van der Waals surface area contributed by atoms with Crippen molar-refractivity contribution < 1.29 is 18.3 Å². The Morgan fingerprint density at radius 2 is 2.10 bits per heavy atom. The minimum Gasteiger partial charge on any atom is -0.396 e. The predicted molar refractivity (Wildman–Crippen MR) is 73.4 cm³/mol. The summed E-state index contributed by atoms with van der Waals surface area (Å²) in [5.41, 5.74) is -0.942. The van der Waals surface area contributed by atoms with Crippen molar-refractivity contribution in [2.75, 3.05) is 43.6 Å². The summed E-state index contributed by atoms with van der Waals surface area (Å²) >= 11 is 0. The molecule has 0 aromatic carbocycles. The molecule has 1 saturated heterocycles. The molecule has 0 bridgehead atoms. The highest BCUT2D eigenvalue weighted by molar-refractivity contribution is 5.45. The maximum absolute atomic E-state index is 13.0. The van der Waals surface area contributed by atoms with Crippen molar-refractivity contribution in [2.45, 2.75) is 19.0 Å². The van der Waals surface area contributed by atoms with Crippen LogP contribution in [-0.2, 0) is 6.18 Å². The molecule has 1 fully saturated rings. The van der Waals surface area contributed by atoms with Gasteiger partial charge in [-0.05, 0) is 18.8 Å². The minimum absolute atomic E-state index is 0.0238. The monoisotopic (exact) mass is 304 g/mol. The van der Waals surface area contributed by atoms with E-state index >= 15 is 0 Å². The molecule has 0 aliphatic carbocycles. The molecule has 2 heterocycles. The molecular weight excluding hydrogens is 285 g/mol. The Labute approximate surface area is 121 Å². The molecular formula is C13H19F3N4O. The van der Waals surface area contributed by atoms with Gasteiger partial charge >= 0.3 is 6.18 Å².